The summed E-state index contributed by atoms with van der Waals surface area (Å²) in [6.45, 7) is 3.69. The number of ether oxygens (including phenoxy) is 1. The highest BCUT2D eigenvalue weighted by molar-refractivity contribution is 5.91. The van der Waals surface area contributed by atoms with Crippen molar-refractivity contribution in [1.29, 1.82) is 0 Å². The third kappa shape index (κ3) is 6.18. The normalized spacial score (nSPS) is 10.9. The number of para-hydroxylation sites is 2. The van der Waals surface area contributed by atoms with Gasteiger partial charge in [-0.2, -0.15) is 0 Å². The fourth-order valence-corrected chi connectivity index (χ4v) is 3.42. The molecule has 0 radical (unpaired) electrons. The van der Waals surface area contributed by atoms with E-state index in [9.17, 15) is 4.79 Å². The van der Waals surface area contributed by atoms with Crippen LogP contribution in [0.15, 0.2) is 72.8 Å². The van der Waals surface area contributed by atoms with Gasteiger partial charge in [-0.05, 0) is 61.9 Å². The second-order valence-electron chi connectivity index (χ2n) is 7.83. The summed E-state index contributed by atoms with van der Waals surface area (Å²) in [5.41, 5.74) is 5.20. The van der Waals surface area contributed by atoms with Crippen molar-refractivity contribution in [2.24, 2.45) is 0 Å². The van der Waals surface area contributed by atoms with Gasteiger partial charge in [0, 0.05) is 18.7 Å². The van der Waals surface area contributed by atoms with E-state index in [2.05, 4.69) is 20.6 Å². The molecule has 0 spiro atoms. The number of benzene rings is 3. The number of carbonyl (C=O) groups is 1. The Morgan fingerprint density at radius 1 is 1.00 bits per heavy atom. The summed E-state index contributed by atoms with van der Waals surface area (Å²) in [6, 6.07) is 23.6. The Balaban J connectivity index is 1.13. The van der Waals surface area contributed by atoms with Crippen molar-refractivity contribution in [3.63, 3.8) is 0 Å². The van der Waals surface area contributed by atoms with Crippen LogP contribution in [0.4, 0.5) is 5.69 Å². The number of carbonyl (C=O) groups excluding carboxylic acids is 1. The number of rotatable bonds is 10. The molecule has 1 heterocycles. The van der Waals surface area contributed by atoms with Gasteiger partial charge in [0.15, 0.2) is 6.61 Å². The van der Waals surface area contributed by atoms with Gasteiger partial charge in [0.1, 0.15) is 11.6 Å². The zero-order valence-corrected chi connectivity index (χ0v) is 18.2. The van der Waals surface area contributed by atoms with Gasteiger partial charge in [-0.3, -0.25) is 4.79 Å². The number of hydrogen-bond donors (Lipinski definition) is 3. The molecule has 4 rings (SSSR count). The topological polar surface area (TPSA) is 79.0 Å². The first kappa shape index (κ1) is 21.6. The van der Waals surface area contributed by atoms with E-state index in [0.717, 1.165) is 54.0 Å². The number of imidazole rings is 1. The number of H-pyrrole nitrogens is 1. The van der Waals surface area contributed by atoms with Crippen molar-refractivity contribution >= 4 is 22.6 Å². The standard InChI is InChI=1S/C26H28N4O2/c1-19-8-12-21(13-9-19)28-26(31)18-32-22-14-10-20(11-15-22)17-27-16-4-7-25-29-23-5-2-3-6-24(23)30-25/h2-3,5-6,8-15,27H,4,7,16-18H2,1H3,(H,28,31)(H,29,30). The van der Waals surface area contributed by atoms with Crippen LogP contribution in [-0.4, -0.2) is 29.0 Å². The third-order valence-electron chi connectivity index (χ3n) is 5.16. The maximum absolute atomic E-state index is 12.0. The van der Waals surface area contributed by atoms with Crippen LogP contribution in [0.3, 0.4) is 0 Å². The molecule has 6 heteroatoms. The van der Waals surface area contributed by atoms with E-state index in [1.165, 1.54) is 5.56 Å². The smallest absolute Gasteiger partial charge is 0.262 e. The van der Waals surface area contributed by atoms with Crippen LogP contribution in [0.25, 0.3) is 11.0 Å². The highest BCUT2D eigenvalue weighted by Gasteiger charge is 2.05. The minimum Gasteiger partial charge on any atom is -0.484 e. The molecular formula is C26H28N4O2. The van der Waals surface area contributed by atoms with Gasteiger partial charge < -0.3 is 20.4 Å². The fourth-order valence-electron chi connectivity index (χ4n) is 3.42. The molecule has 0 aliphatic heterocycles. The number of fused-ring (bicyclic) bond motifs is 1. The van der Waals surface area contributed by atoms with Gasteiger partial charge in [-0.15, -0.1) is 0 Å². The molecule has 6 nitrogen and oxygen atoms in total. The summed E-state index contributed by atoms with van der Waals surface area (Å²) in [7, 11) is 0. The van der Waals surface area contributed by atoms with Crippen molar-refractivity contribution in [2.45, 2.75) is 26.3 Å². The van der Waals surface area contributed by atoms with Gasteiger partial charge in [0.25, 0.3) is 5.91 Å². The Labute approximate surface area is 188 Å². The van der Waals surface area contributed by atoms with Gasteiger partial charge in [-0.25, -0.2) is 4.98 Å². The molecule has 32 heavy (non-hydrogen) atoms. The number of nitrogens with one attached hydrogen (secondary N) is 3. The molecule has 1 aromatic heterocycles. The molecule has 0 atom stereocenters. The first-order valence-corrected chi connectivity index (χ1v) is 10.9. The fraction of sp³-hybridized carbons (Fsp3) is 0.231. The molecule has 1 amide bonds. The summed E-state index contributed by atoms with van der Waals surface area (Å²) in [5.74, 6) is 1.53. The summed E-state index contributed by atoms with van der Waals surface area (Å²) in [5, 5.41) is 6.29. The lowest BCUT2D eigenvalue weighted by Crippen LogP contribution is -2.20. The summed E-state index contributed by atoms with van der Waals surface area (Å²) in [6.07, 6.45) is 1.93. The Bertz CT molecular complexity index is 1120. The average molecular weight is 429 g/mol. The number of aromatic amines is 1. The zero-order valence-electron chi connectivity index (χ0n) is 18.2. The molecule has 0 saturated heterocycles. The van der Waals surface area contributed by atoms with Gasteiger partial charge in [0.05, 0.1) is 11.0 Å². The lowest BCUT2D eigenvalue weighted by molar-refractivity contribution is -0.118. The molecule has 4 aromatic rings. The highest BCUT2D eigenvalue weighted by atomic mass is 16.5. The van der Waals surface area contributed by atoms with Crippen LogP contribution < -0.4 is 15.4 Å². The number of anilines is 1. The van der Waals surface area contributed by atoms with E-state index < -0.39 is 0 Å². The molecular weight excluding hydrogens is 400 g/mol. The van der Waals surface area contributed by atoms with E-state index in [1.54, 1.807) is 0 Å². The van der Waals surface area contributed by atoms with Gasteiger partial charge in [0.2, 0.25) is 0 Å². The maximum Gasteiger partial charge on any atom is 0.262 e. The quantitative estimate of drug-likeness (QED) is 0.322. The second kappa shape index (κ2) is 10.6. The molecule has 164 valence electrons. The van der Waals surface area contributed by atoms with E-state index in [4.69, 9.17) is 4.74 Å². The maximum atomic E-state index is 12.0. The van der Waals surface area contributed by atoms with Crippen molar-refractivity contribution in [3.8, 4) is 5.75 Å². The van der Waals surface area contributed by atoms with Crippen LogP contribution in [-0.2, 0) is 17.8 Å². The lowest BCUT2D eigenvalue weighted by Gasteiger charge is -2.09. The average Bonchev–Trinajstić information content (AvgIpc) is 3.23. The highest BCUT2D eigenvalue weighted by Crippen LogP contribution is 2.14. The predicted molar refractivity (Wildman–Crippen MR) is 128 cm³/mol. The number of aryl methyl sites for hydroxylation is 2. The van der Waals surface area contributed by atoms with Crippen molar-refractivity contribution in [3.05, 3.63) is 89.7 Å². The molecule has 0 saturated carbocycles. The summed E-state index contributed by atoms with van der Waals surface area (Å²) in [4.78, 5) is 20.0. The number of aromatic nitrogens is 2. The summed E-state index contributed by atoms with van der Waals surface area (Å²) >= 11 is 0. The summed E-state index contributed by atoms with van der Waals surface area (Å²) < 4.78 is 5.59. The molecule has 0 aliphatic rings. The van der Waals surface area contributed by atoms with Crippen molar-refractivity contribution < 1.29 is 9.53 Å². The van der Waals surface area contributed by atoms with Gasteiger partial charge >= 0.3 is 0 Å². The SMILES string of the molecule is Cc1ccc(NC(=O)COc2ccc(CNCCCc3nc4ccccc4[nH]3)cc2)cc1. The molecule has 0 bridgehead atoms. The van der Waals surface area contributed by atoms with Crippen molar-refractivity contribution in [1.82, 2.24) is 15.3 Å². The van der Waals surface area contributed by atoms with Crippen LogP contribution in [0.1, 0.15) is 23.4 Å². The van der Waals surface area contributed by atoms with Crippen LogP contribution >= 0.6 is 0 Å². The minimum absolute atomic E-state index is 0.0206. The monoisotopic (exact) mass is 428 g/mol. The number of nitrogens with zero attached hydrogens (tertiary/aromatic N) is 1. The molecule has 3 aromatic carbocycles. The molecule has 0 unspecified atom stereocenters. The van der Waals surface area contributed by atoms with Crippen LogP contribution in [0.5, 0.6) is 5.75 Å². The largest absolute Gasteiger partial charge is 0.484 e. The van der Waals surface area contributed by atoms with E-state index in [1.807, 2.05) is 79.7 Å². The van der Waals surface area contributed by atoms with E-state index in [-0.39, 0.29) is 12.5 Å². The predicted octanol–water partition coefficient (Wildman–Crippen LogP) is 4.61. The first-order valence-electron chi connectivity index (χ1n) is 10.9. The Morgan fingerprint density at radius 2 is 1.78 bits per heavy atom. The van der Waals surface area contributed by atoms with Crippen molar-refractivity contribution in [2.75, 3.05) is 18.5 Å². The van der Waals surface area contributed by atoms with E-state index in [0.29, 0.717) is 5.75 Å². The first-order chi connectivity index (χ1) is 15.7. The van der Waals surface area contributed by atoms with Crippen LogP contribution in [0.2, 0.25) is 0 Å². The van der Waals surface area contributed by atoms with Crippen LogP contribution in [0, 0.1) is 6.92 Å². The number of amides is 1. The van der Waals surface area contributed by atoms with Gasteiger partial charge in [-0.1, -0.05) is 42.0 Å². The van der Waals surface area contributed by atoms with E-state index >= 15 is 0 Å². The molecule has 0 aliphatic carbocycles. The number of hydrogen-bond acceptors (Lipinski definition) is 4. The zero-order chi connectivity index (χ0) is 22.2. The molecule has 3 N–H and O–H groups in total. The second-order valence-corrected chi connectivity index (χ2v) is 7.83. The third-order valence-corrected chi connectivity index (χ3v) is 5.16. The lowest BCUT2D eigenvalue weighted by atomic mass is 10.2. The Hall–Kier alpha value is -3.64. The Kier molecular flexibility index (Phi) is 7.15. The molecule has 0 fully saturated rings. The minimum atomic E-state index is -0.177. The Morgan fingerprint density at radius 3 is 2.56 bits per heavy atom.